The average Bonchev–Trinajstić information content (AvgIpc) is 3.23. The highest BCUT2D eigenvalue weighted by Gasteiger charge is 2.19. The fourth-order valence-electron chi connectivity index (χ4n) is 3.65. The smallest absolute Gasteiger partial charge is 0.267 e. The van der Waals surface area contributed by atoms with E-state index in [-0.39, 0.29) is 18.1 Å². The summed E-state index contributed by atoms with van der Waals surface area (Å²) in [4.78, 5) is 16.9. The Balaban J connectivity index is 1.32. The summed E-state index contributed by atoms with van der Waals surface area (Å²) in [6.45, 7) is 5.95. The second-order valence-electron chi connectivity index (χ2n) is 7.61. The lowest BCUT2D eigenvalue weighted by molar-refractivity contribution is -0.112. The highest BCUT2D eigenvalue weighted by molar-refractivity contribution is 6.06. The van der Waals surface area contributed by atoms with E-state index in [2.05, 4.69) is 10.2 Å². The number of piperazine rings is 1. The SMILES string of the molecule is Cc1cc(O)ccc1NC(=O)/C(C#N)=C\N1CCN(Cc2ccc3c(c2)OCO3)CC1. The van der Waals surface area contributed by atoms with Gasteiger partial charge in [-0.2, -0.15) is 5.26 Å². The van der Waals surface area contributed by atoms with Gasteiger partial charge < -0.3 is 24.8 Å². The van der Waals surface area contributed by atoms with Gasteiger partial charge in [0.2, 0.25) is 6.79 Å². The topological polar surface area (TPSA) is 98.1 Å². The van der Waals surface area contributed by atoms with Crippen molar-refractivity contribution in [2.75, 3.05) is 38.3 Å². The number of carbonyl (C=O) groups is 1. The molecule has 2 aliphatic rings. The number of phenolic OH excluding ortho intramolecular Hbond substituents is 1. The van der Waals surface area contributed by atoms with Crippen LogP contribution in [0.25, 0.3) is 0 Å². The number of ether oxygens (including phenoxy) is 2. The highest BCUT2D eigenvalue weighted by Crippen LogP contribution is 2.32. The summed E-state index contributed by atoms with van der Waals surface area (Å²) in [7, 11) is 0. The summed E-state index contributed by atoms with van der Waals surface area (Å²) >= 11 is 0. The Bertz CT molecular complexity index is 1050. The number of aryl methyl sites for hydroxylation is 1. The molecule has 31 heavy (non-hydrogen) atoms. The van der Waals surface area contributed by atoms with Crippen molar-refractivity contribution in [3.05, 3.63) is 59.3 Å². The van der Waals surface area contributed by atoms with Crippen molar-refractivity contribution in [1.82, 2.24) is 9.80 Å². The zero-order valence-corrected chi connectivity index (χ0v) is 17.3. The van der Waals surface area contributed by atoms with E-state index in [0.717, 1.165) is 55.3 Å². The molecule has 8 heteroatoms. The first kappa shape index (κ1) is 20.6. The fourth-order valence-corrected chi connectivity index (χ4v) is 3.65. The minimum absolute atomic E-state index is 0.0525. The van der Waals surface area contributed by atoms with Gasteiger partial charge in [0, 0.05) is 44.6 Å². The molecule has 2 aromatic carbocycles. The van der Waals surface area contributed by atoms with Crippen LogP contribution in [0.1, 0.15) is 11.1 Å². The average molecular weight is 420 g/mol. The van der Waals surface area contributed by atoms with Crippen LogP contribution in [0.4, 0.5) is 5.69 Å². The predicted octanol–water partition coefficient (Wildman–Crippen LogP) is 2.59. The van der Waals surface area contributed by atoms with E-state index in [1.807, 2.05) is 29.2 Å². The zero-order valence-electron chi connectivity index (χ0n) is 17.3. The maximum absolute atomic E-state index is 12.5. The van der Waals surface area contributed by atoms with Gasteiger partial charge in [0.15, 0.2) is 11.5 Å². The number of nitrogens with zero attached hydrogens (tertiary/aromatic N) is 3. The van der Waals surface area contributed by atoms with E-state index in [1.165, 1.54) is 6.07 Å². The van der Waals surface area contributed by atoms with Crippen molar-refractivity contribution in [3.63, 3.8) is 0 Å². The van der Waals surface area contributed by atoms with Crippen LogP contribution in [-0.2, 0) is 11.3 Å². The number of nitriles is 1. The lowest BCUT2D eigenvalue weighted by Crippen LogP contribution is -2.43. The number of phenols is 1. The molecule has 1 amide bonds. The van der Waals surface area contributed by atoms with Crippen molar-refractivity contribution in [2.45, 2.75) is 13.5 Å². The Kier molecular flexibility index (Phi) is 5.96. The largest absolute Gasteiger partial charge is 0.508 e. The Morgan fingerprint density at radius 2 is 1.94 bits per heavy atom. The van der Waals surface area contributed by atoms with Gasteiger partial charge in [-0.05, 0) is 48.4 Å². The molecule has 0 radical (unpaired) electrons. The van der Waals surface area contributed by atoms with E-state index < -0.39 is 5.91 Å². The standard InChI is InChI=1S/C23H24N4O4/c1-16-10-19(28)3-4-20(16)25-23(29)18(12-24)14-27-8-6-26(7-9-27)13-17-2-5-21-22(11-17)31-15-30-21/h2-5,10-11,14,28H,6-9,13,15H2,1H3,(H,25,29)/b18-14-. The first-order chi connectivity index (χ1) is 15.0. The van der Waals surface area contributed by atoms with Crippen LogP contribution < -0.4 is 14.8 Å². The molecule has 0 saturated carbocycles. The lowest BCUT2D eigenvalue weighted by atomic mass is 10.1. The maximum Gasteiger partial charge on any atom is 0.267 e. The minimum atomic E-state index is -0.459. The Labute approximate surface area is 180 Å². The van der Waals surface area contributed by atoms with Crippen molar-refractivity contribution in [3.8, 4) is 23.3 Å². The normalized spacial score (nSPS) is 16.1. The molecule has 0 spiro atoms. The van der Waals surface area contributed by atoms with Crippen molar-refractivity contribution in [1.29, 1.82) is 5.26 Å². The van der Waals surface area contributed by atoms with E-state index in [1.54, 1.807) is 25.3 Å². The maximum atomic E-state index is 12.5. The number of carbonyl (C=O) groups excluding carboxylic acids is 1. The van der Waals surface area contributed by atoms with E-state index in [4.69, 9.17) is 9.47 Å². The van der Waals surface area contributed by atoms with E-state index in [0.29, 0.717) is 5.69 Å². The second-order valence-corrected chi connectivity index (χ2v) is 7.61. The molecular formula is C23H24N4O4. The third kappa shape index (κ3) is 4.90. The minimum Gasteiger partial charge on any atom is -0.508 e. The predicted molar refractivity (Wildman–Crippen MR) is 115 cm³/mol. The molecule has 4 rings (SSSR count). The number of rotatable bonds is 5. The van der Waals surface area contributed by atoms with Crippen molar-refractivity contribution in [2.24, 2.45) is 0 Å². The Hall–Kier alpha value is -3.70. The van der Waals surface area contributed by atoms with E-state index >= 15 is 0 Å². The summed E-state index contributed by atoms with van der Waals surface area (Å²) in [5, 5.41) is 21.7. The summed E-state index contributed by atoms with van der Waals surface area (Å²) in [6, 6.07) is 12.7. The number of nitrogens with one attached hydrogen (secondary N) is 1. The molecule has 2 heterocycles. The van der Waals surface area contributed by atoms with Crippen molar-refractivity contribution < 1.29 is 19.4 Å². The number of fused-ring (bicyclic) bond motifs is 1. The highest BCUT2D eigenvalue weighted by atomic mass is 16.7. The zero-order chi connectivity index (χ0) is 21.8. The Morgan fingerprint density at radius 3 is 2.68 bits per heavy atom. The molecule has 2 aromatic rings. The number of benzene rings is 2. The first-order valence-corrected chi connectivity index (χ1v) is 10.1. The molecule has 0 unspecified atom stereocenters. The number of anilines is 1. The van der Waals surface area contributed by atoms with Crippen LogP contribution in [0.15, 0.2) is 48.2 Å². The van der Waals surface area contributed by atoms with Gasteiger partial charge in [0.1, 0.15) is 17.4 Å². The van der Waals surface area contributed by atoms with Gasteiger partial charge in [0.05, 0.1) is 0 Å². The van der Waals surface area contributed by atoms with Crippen molar-refractivity contribution >= 4 is 11.6 Å². The van der Waals surface area contributed by atoms with Gasteiger partial charge in [-0.1, -0.05) is 6.07 Å². The van der Waals surface area contributed by atoms with Gasteiger partial charge in [0.25, 0.3) is 5.91 Å². The monoisotopic (exact) mass is 420 g/mol. The third-order valence-electron chi connectivity index (χ3n) is 5.38. The second kappa shape index (κ2) is 8.98. The van der Waals surface area contributed by atoms with Gasteiger partial charge >= 0.3 is 0 Å². The molecular weight excluding hydrogens is 396 g/mol. The number of amides is 1. The molecule has 2 aliphatic heterocycles. The number of hydrogen-bond acceptors (Lipinski definition) is 7. The van der Waals surface area contributed by atoms with Crippen LogP contribution in [0.2, 0.25) is 0 Å². The summed E-state index contributed by atoms with van der Waals surface area (Å²) < 4.78 is 10.8. The number of aromatic hydroxyl groups is 1. The molecule has 0 aromatic heterocycles. The lowest BCUT2D eigenvalue weighted by Gasteiger charge is -2.34. The van der Waals surface area contributed by atoms with Crippen LogP contribution in [0.5, 0.6) is 17.2 Å². The summed E-state index contributed by atoms with van der Waals surface area (Å²) in [5.41, 5.74) is 2.51. The van der Waals surface area contributed by atoms with Gasteiger partial charge in [-0.25, -0.2) is 0 Å². The van der Waals surface area contributed by atoms with Crippen LogP contribution in [0, 0.1) is 18.3 Å². The molecule has 1 saturated heterocycles. The first-order valence-electron chi connectivity index (χ1n) is 10.1. The fraction of sp³-hybridized carbons (Fsp3) is 0.304. The molecule has 1 fully saturated rings. The molecule has 0 bridgehead atoms. The van der Waals surface area contributed by atoms with E-state index in [9.17, 15) is 15.2 Å². The third-order valence-corrected chi connectivity index (χ3v) is 5.38. The van der Waals surface area contributed by atoms with Crippen LogP contribution >= 0.6 is 0 Å². The number of hydrogen-bond donors (Lipinski definition) is 2. The Morgan fingerprint density at radius 1 is 1.16 bits per heavy atom. The summed E-state index contributed by atoms with van der Waals surface area (Å²) in [6.07, 6.45) is 1.63. The summed E-state index contributed by atoms with van der Waals surface area (Å²) in [5.74, 6) is 1.24. The molecule has 2 N–H and O–H groups in total. The van der Waals surface area contributed by atoms with Gasteiger partial charge in [-0.15, -0.1) is 0 Å². The molecule has 0 atom stereocenters. The quantitative estimate of drug-likeness (QED) is 0.436. The van der Waals surface area contributed by atoms with Gasteiger partial charge in [-0.3, -0.25) is 9.69 Å². The molecule has 160 valence electrons. The van der Waals surface area contributed by atoms with Crippen LogP contribution in [-0.4, -0.2) is 53.8 Å². The molecule has 0 aliphatic carbocycles. The molecule has 8 nitrogen and oxygen atoms in total. The van der Waals surface area contributed by atoms with Crippen LogP contribution in [0.3, 0.4) is 0 Å².